The Bertz CT molecular complexity index is 995. The van der Waals surface area contributed by atoms with Crippen molar-refractivity contribution in [2.75, 3.05) is 24.5 Å². The molecule has 1 amide bonds. The van der Waals surface area contributed by atoms with E-state index in [1.165, 1.54) is 33.3 Å². The van der Waals surface area contributed by atoms with Gasteiger partial charge in [0, 0.05) is 30.7 Å². The fourth-order valence-corrected chi connectivity index (χ4v) is 4.88. The van der Waals surface area contributed by atoms with E-state index in [1.54, 1.807) is 11.3 Å². The molecule has 0 bridgehead atoms. The molecule has 0 spiro atoms. The van der Waals surface area contributed by atoms with Crippen LogP contribution in [0.2, 0.25) is 0 Å². The van der Waals surface area contributed by atoms with Gasteiger partial charge in [0.1, 0.15) is 5.56 Å². The molecule has 1 N–H and O–H groups in total. The van der Waals surface area contributed by atoms with E-state index >= 15 is 0 Å². The number of hydrogen-bond acceptors (Lipinski definition) is 7. The Balaban J connectivity index is 1.51. The lowest BCUT2D eigenvalue weighted by Crippen LogP contribution is -2.35. The number of anilines is 1. The highest BCUT2D eigenvalue weighted by molar-refractivity contribution is 7.20. The van der Waals surface area contributed by atoms with Gasteiger partial charge in [-0.1, -0.05) is 24.3 Å². The molecule has 9 heteroatoms. The SMILES string of the molecule is C[C@H]1CCCN(c2nn3c(=O)c(C(=O)NCCc4cccs4)cnc3s2)C1. The average molecular weight is 404 g/mol. The quantitative estimate of drug-likeness (QED) is 0.708. The van der Waals surface area contributed by atoms with E-state index in [9.17, 15) is 9.59 Å². The maximum absolute atomic E-state index is 12.7. The lowest BCUT2D eigenvalue weighted by molar-refractivity contribution is 0.0952. The molecule has 0 unspecified atom stereocenters. The third-order valence-corrected chi connectivity index (χ3v) is 6.60. The number of amides is 1. The summed E-state index contributed by atoms with van der Waals surface area (Å²) in [5, 5.41) is 10.0. The largest absolute Gasteiger partial charge is 0.351 e. The highest BCUT2D eigenvalue weighted by atomic mass is 32.1. The van der Waals surface area contributed by atoms with Crippen LogP contribution < -0.4 is 15.8 Å². The van der Waals surface area contributed by atoms with Gasteiger partial charge in [0.25, 0.3) is 11.5 Å². The lowest BCUT2D eigenvalue weighted by atomic mass is 10.0. The van der Waals surface area contributed by atoms with Gasteiger partial charge in [0.2, 0.25) is 10.1 Å². The van der Waals surface area contributed by atoms with Crippen LogP contribution in [-0.4, -0.2) is 40.1 Å². The molecule has 1 fully saturated rings. The minimum absolute atomic E-state index is 0.0301. The molecule has 4 heterocycles. The van der Waals surface area contributed by atoms with Crippen molar-refractivity contribution in [3.05, 3.63) is 44.5 Å². The summed E-state index contributed by atoms with van der Waals surface area (Å²) in [6.07, 6.45) is 4.44. The van der Waals surface area contributed by atoms with E-state index < -0.39 is 11.5 Å². The van der Waals surface area contributed by atoms with Crippen molar-refractivity contribution in [3.63, 3.8) is 0 Å². The van der Waals surface area contributed by atoms with Gasteiger partial charge in [-0.15, -0.1) is 16.4 Å². The van der Waals surface area contributed by atoms with E-state index in [1.807, 2.05) is 17.5 Å². The first-order valence-electron chi connectivity index (χ1n) is 9.06. The molecule has 1 saturated heterocycles. The lowest BCUT2D eigenvalue weighted by Gasteiger charge is -2.30. The van der Waals surface area contributed by atoms with Gasteiger partial charge in [0.05, 0.1) is 0 Å². The Hall–Kier alpha value is -2.26. The molecule has 1 aliphatic rings. The van der Waals surface area contributed by atoms with Crippen LogP contribution in [0.25, 0.3) is 4.96 Å². The first kappa shape index (κ1) is 18.1. The van der Waals surface area contributed by atoms with Crippen molar-refractivity contribution in [3.8, 4) is 0 Å². The minimum atomic E-state index is -0.416. The molecular formula is C18H21N5O2S2. The normalized spacial score (nSPS) is 17.4. The number of carbonyl (C=O) groups is 1. The fraction of sp³-hybridized carbons (Fsp3) is 0.444. The van der Waals surface area contributed by atoms with Crippen LogP contribution >= 0.6 is 22.7 Å². The number of rotatable bonds is 5. The van der Waals surface area contributed by atoms with Gasteiger partial charge in [-0.25, -0.2) is 4.98 Å². The van der Waals surface area contributed by atoms with Crippen molar-refractivity contribution >= 4 is 38.7 Å². The highest BCUT2D eigenvalue weighted by Gasteiger charge is 2.22. The van der Waals surface area contributed by atoms with Crippen molar-refractivity contribution < 1.29 is 4.79 Å². The number of hydrogen-bond donors (Lipinski definition) is 1. The molecular weight excluding hydrogens is 382 g/mol. The van der Waals surface area contributed by atoms with E-state index in [4.69, 9.17) is 0 Å². The predicted octanol–water partition coefficient (Wildman–Crippen LogP) is 2.42. The van der Waals surface area contributed by atoms with Crippen molar-refractivity contribution in [2.24, 2.45) is 5.92 Å². The highest BCUT2D eigenvalue weighted by Crippen LogP contribution is 2.26. The van der Waals surface area contributed by atoms with Crippen LogP contribution in [0.3, 0.4) is 0 Å². The summed E-state index contributed by atoms with van der Waals surface area (Å²) in [7, 11) is 0. The Kier molecular flexibility index (Phi) is 5.22. The van der Waals surface area contributed by atoms with Gasteiger partial charge >= 0.3 is 0 Å². The Morgan fingerprint density at radius 3 is 3.11 bits per heavy atom. The van der Waals surface area contributed by atoms with E-state index in [-0.39, 0.29) is 5.56 Å². The first-order valence-corrected chi connectivity index (χ1v) is 10.8. The fourth-order valence-electron chi connectivity index (χ4n) is 3.27. The number of fused-ring (bicyclic) bond motifs is 1. The summed E-state index contributed by atoms with van der Waals surface area (Å²) in [6, 6.07) is 4.01. The Labute approximate surface area is 164 Å². The van der Waals surface area contributed by atoms with Crippen molar-refractivity contribution in [2.45, 2.75) is 26.2 Å². The molecule has 3 aromatic rings. The third-order valence-electron chi connectivity index (χ3n) is 4.69. The maximum Gasteiger partial charge on any atom is 0.288 e. The molecule has 142 valence electrons. The Morgan fingerprint density at radius 1 is 1.44 bits per heavy atom. The van der Waals surface area contributed by atoms with Gasteiger partial charge in [-0.3, -0.25) is 9.59 Å². The summed E-state index contributed by atoms with van der Waals surface area (Å²) >= 11 is 3.04. The van der Waals surface area contributed by atoms with Gasteiger partial charge < -0.3 is 10.2 Å². The predicted molar refractivity (Wildman–Crippen MR) is 108 cm³/mol. The van der Waals surface area contributed by atoms with Crippen LogP contribution in [-0.2, 0) is 6.42 Å². The van der Waals surface area contributed by atoms with E-state index in [2.05, 4.69) is 27.2 Å². The van der Waals surface area contributed by atoms with Crippen LogP contribution in [0, 0.1) is 5.92 Å². The summed E-state index contributed by atoms with van der Waals surface area (Å²) in [5.41, 5.74) is -0.385. The van der Waals surface area contributed by atoms with E-state index in [0.29, 0.717) is 17.4 Å². The molecule has 3 aromatic heterocycles. The second-order valence-electron chi connectivity index (χ2n) is 6.83. The molecule has 4 rings (SSSR count). The number of aromatic nitrogens is 3. The average Bonchev–Trinajstić information content (AvgIpc) is 3.32. The van der Waals surface area contributed by atoms with Crippen molar-refractivity contribution in [1.29, 1.82) is 0 Å². The Morgan fingerprint density at radius 2 is 2.33 bits per heavy atom. The van der Waals surface area contributed by atoms with Crippen LogP contribution in [0.5, 0.6) is 0 Å². The number of carbonyl (C=O) groups excluding carboxylic acids is 1. The number of nitrogens with one attached hydrogen (secondary N) is 1. The number of piperidine rings is 1. The number of nitrogens with zero attached hydrogens (tertiary/aromatic N) is 4. The van der Waals surface area contributed by atoms with Crippen LogP contribution in [0.1, 0.15) is 35.0 Å². The van der Waals surface area contributed by atoms with Gasteiger partial charge in [-0.2, -0.15) is 4.52 Å². The number of thiophene rings is 1. The summed E-state index contributed by atoms with van der Waals surface area (Å²) in [4.78, 5) is 33.3. The maximum atomic E-state index is 12.7. The van der Waals surface area contributed by atoms with Crippen LogP contribution in [0.4, 0.5) is 5.13 Å². The van der Waals surface area contributed by atoms with Crippen molar-refractivity contribution in [1.82, 2.24) is 19.9 Å². The molecule has 7 nitrogen and oxygen atoms in total. The molecule has 0 radical (unpaired) electrons. The van der Waals surface area contributed by atoms with Crippen LogP contribution in [0.15, 0.2) is 28.5 Å². The molecule has 1 atom stereocenters. The third kappa shape index (κ3) is 3.89. The summed E-state index contributed by atoms with van der Waals surface area (Å²) in [6.45, 7) is 4.58. The molecule has 1 aliphatic heterocycles. The first-order chi connectivity index (χ1) is 13.1. The second kappa shape index (κ2) is 7.77. The molecule has 0 aliphatic carbocycles. The van der Waals surface area contributed by atoms with Gasteiger partial charge in [-0.05, 0) is 36.6 Å². The molecule has 0 aromatic carbocycles. The monoisotopic (exact) mass is 403 g/mol. The molecule has 27 heavy (non-hydrogen) atoms. The standard InChI is InChI=1S/C18H21N5O2S2/c1-12-4-2-8-22(11-12)18-21-23-16(25)14(10-20-17(23)27-18)15(24)19-7-6-13-5-3-9-26-13/h3,5,9-10,12H,2,4,6-8,11H2,1H3,(H,19,24)/t12-/m0/s1. The molecule has 0 saturated carbocycles. The van der Waals surface area contributed by atoms with E-state index in [0.717, 1.165) is 31.1 Å². The topological polar surface area (TPSA) is 79.6 Å². The smallest absolute Gasteiger partial charge is 0.288 e. The van der Waals surface area contributed by atoms with Gasteiger partial charge in [0.15, 0.2) is 0 Å². The second-order valence-corrected chi connectivity index (χ2v) is 8.80. The minimum Gasteiger partial charge on any atom is -0.351 e. The zero-order valence-corrected chi connectivity index (χ0v) is 16.7. The zero-order valence-electron chi connectivity index (χ0n) is 15.1. The zero-order chi connectivity index (χ0) is 18.8. The summed E-state index contributed by atoms with van der Waals surface area (Å²) in [5.74, 6) is 0.208. The summed E-state index contributed by atoms with van der Waals surface area (Å²) < 4.78 is 1.26.